The number of nitrogens with one attached hydrogen (secondary N) is 1. The van der Waals surface area contributed by atoms with Crippen LogP contribution in [0, 0.1) is 29.6 Å². The Morgan fingerprint density at radius 3 is 2.07 bits per heavy atom. The molecule has 4 amide bonds. The van der Waals surface area contributed by atoms with Crippen molar-refractivity contribution in [1.82, 2.24) is 20.0 Å². The van der Waals surface area contributed by atoms with Gasteiger partial charge in [0.05, 0.1) is 48.4 Å². The fourth-order valence-electron chi connectivity index (χ4n) is 9.42. The molecule has 2 rings (SSSR count). The molecule has 1 heterocycles. The first-order valence-electron chi connectivity index (χ1n) is 24.4. The number of Topliss-reactive ketones (excluding diaryl/α,β-unsaturated/α-hetero) is 1. The average Bonchev–Trinajstić information content (AvgIpc) is 3.79. The van der Waals surface area contributed by atoms with Crippen LogP contribution in [0.1, 0.15) is 112 Å². The number of rotatable bonds is 33. The minimum atomic E-state index is -1.15. The lowest BCUT2D eigenvalue weighted by Gasteiger charge is -2.41. The molecule has 15 nitrogen and oxygen atoms in total. The van der Waals surface area contributed by atoms with Gasteiger partial charge in [0.2, 0.25) is 23.6 Å². The normalized spacial score (nSPS) is 17.3. The molecule has 0 spiro atoms. The van der Waals surface area contributed by atoms with E-state index in [9.17, 15) is 33.9 Å². The maximum absolute atomic E-state index is 14.7. The molecule has 0 bridgehead atoms. The quantitative estimate of drug-likeness (QED) is 0.0415. The van der Waals surface area contributed by atoms with Gasteiger partial charge in [0, 0.05) is 71.5 Å². The molecule has 1 aromatic carbocycles. The molecule has 9 atom stereocenters. The van der Waals surface area contributed by atoms with Crippen molar-refractivity contribution in [1.29, 1.82) is 0 Å². The molecule has 0 saturated carbocycles. The van der Waals surface area contributed by atoms with Crippen LogP contribution in [0.2, 0.25) is 0 Å². The first-order valence-corrected chi connectivity index (χ1v) is 27.2. The summed E-state index contributed by atoms with van der Waals surface area (Å²) in [5.74, 6) is -2.62. The molecule has 2 N–H and O–H groups in total. The van der Waals surface area contributed by atoms with Crippen LogP contribution in [0.4, 0.5) is 0 Å². The number of likely N-dealkylation sites (tertiary alicyclic amines) is 1. The summed E-state index contributed by atoms with van der Waals surface area (Å²) in [5.41, 5.74) is 1.79. The third kappa shape index (κ3) is 18.6. The van der Waals surface area contributed by atoms with Crippen LogP contribution < -0.4 is 5.32 Å². The van der Waals surface area contributed by atoms with Gasteiger partial charge in [0.1, 0.15) is 12.6 Å². The number of thioether (sulfide) groups is 2. The van der Waals surface area contributed by atoms with Gasteiger partial charge in [0.25, 0.3) is 0 Å². The number of oxime groups is 1. The lowest BCUT2D eigenvalue weighted by molar-refractivity contribution is -0.150. The minimum Gasteiger partial charge on any atom is -0.480 e. The zero-order valence-corrected chi connectivity index (χ0v) is 45.0. The Morgan fingerprint density at radius 2 is 1.53 bits per heavy atom. The molecule has 17 heteroatoms. The number of amides is 4. The van der Waals surface area contributed by atoms with E-state index >= 15 is 0 Å². The van der Waals surface area contributed by atoms with Crippen molar-refractivity contribution in [3.05, 3.63) is 35.9 Å². The van der Waals surface area contributed by atoms with Gasteiger partial charge >= 0.3 is 5.97 Å². The number of benzene rings is 1. The molecule has 0 unspecified atom stereocenters. The Labute approximate surface area is 416 Å². The maximum Gasteiger partial charge on any atom is 0.326 e. The van der Waals surface area contributed by atoms with Crippen molar-refractivity contribution in [2.45, 2.75) is 149 Å². The number of carboxylic acids is 1. The van der Waals surface area contributed by atoms with Gasteiger partial charge in [0.15, 0.2) is 5.78 Å². The smallest absolute Gasteiger partial charge is 0.326 e. The zero-order chi connectivity index (χ0) is 51.1. The minimum absolute atomic E-state index is 0.0410. The van der Waals surface area contributed by atoms with E-state index in [1.54, 1.807) is 59.2 Å². The van der Waals surface area contributed by atoms with Gasteiger partial charge in [-0.3, -0.25) is 24.0 Å². The summed E-state index contributed by atoms with van der Waals surface area (Å²) in [6.45, 7) is 14.3. The predicted octanol–water partition coefficient (Wildman–Crippen LogP) is 7.09. The van der Waals surface area contributed by atoms with Crippen molar-refractivity contribution >= 4 is 64.6 Å². The number of likely N-dealkylation sites (N-methyl/N-ethyl adjacent to an activating group) is 2. The summed E-state index contributed by atoms with van der Waals surface area (Å²) in [6, 6.07) is 6.27. The second-order valence-electron chi connectivity index (χ2n) is 19.1. The number of nitrogens with zero attached hydrogens (tertiary/aromatic N) is 4. The third-order valence-electron chi connectivity index (χ3n) is 13.4. The average molecular weight is 992 g/mol. The number of unbranched alkanes of at least 4 members (excludes halogenated alkanes) is 2. The van der Waals surface area contributed by atoms with Crippen LogP contribution >= 0.6 is 23.5 Å². The Hall–Kier alpha value is -3.67. The molecule has 1 aromatic rings. The van der Waals surface area contributed by atoms with Gasteiger partial charge in [-0.2, -0.15) is 23.5 Å². The molecular weight excluding hydrogens is 907 g/mol. The molecule has 0 aromatic heterocycles. The van der Waals surface area contributed by atoms with Crippen molar-refractivity contribution < 1.29 is 48.2 Å². The van der Waals surface area contributed by atoms with Crippen molar-refractivity contribution in [3.8, 4) is 0 Å². The third-order valence-corrected chi connectivity index (χ3v) is 14.7. The molecular formula is C51H85N5O10S2. The van der Waals surface area contributed by atoms with E-state index < -0.39 is 60.1 Å². The SMILES string of the molecule is CC[C@H](C)[C@@H]([C@@H](CC(=O)N1CCC[C@H]1[C@H](OC)[C@@H](C)C(=O)N[C@@H](Cc1ccccc1)C(=O)O)OC)N(C)C(=O)[C@@H](CC(=O)[C@H](C(C)C)N(C)C(=O)CCCCCON=C(CSC)CSC)C(C)C. The molecule has 0 aliphatic carbocycles. The second kappa shape index (κ2) is 31.5. The number of carboxylic acid groups (broad SMARTS) is 1. The number of hydrogen-bond donors (Lipinski definition) is 2. The summed E-state index contributed by atoms with van der Waals surface area (Å²) in [6.07, 6.45) is 7.16. The number of ketones is 1. The summed E-state index contributed by atoms with van der Waals surface area (Å²) in [4.78, 5) is 93.0. The molecule has 1 saturated heterocycles. The molecule has 68 heavy (non-hydrogen) atoms. The van der Waals surface area contributed by atoms with E-state index in [4.69, 9.17) is 14.3 Å². The number of carbonyl (C=O) groups excluding carboxylic acids is 5. The van der Waals surface area contributed by atoms with Crippen molar-refractivity contribution in [2.24, 2.45) is 34.7 Å². The molecule has 1 aliphatic heterocycles. The zero-order valence-electron chi connectivity index (χ0n) is 43.4. The lowest BCUT2D eigenvalue weighted by atomic mass is 9.83. The maximum atomic E-state index is 14.7. The number of ether oxygens (including phenoxy) is 2. The monoisotopic (exact) mass is 992 g/mol. The Morgan fingerprint density at radius 1 is 0.882 bits per heavy atom. The van der Waals surface area contributed by atoms with Crippen LogP contribution in [0.3, 0.4) is 0 Å². The highest BCUT2D eigenvalue weighted by Gasteiger charge is 2.44. The predicted molar refractivity (Wildman–Crippen MR) is 274 cm³/mol. The molecule has 0 radical (unpaired) electrons. The Kier molecular flexibility index (Phi) is 28.0. The van der Waals surface area contributed by atoms with E-state index in [0.29, 0.717) is 45.3 Å². The van der Waals surface area contributed by atoms with E-state index in [1.165, 1.54) is 14.2 Å². The van der Waals surface area contributed by atoms with Crippen molar-refractivity contribution in [3.63, 3.8) is 0 Å². The molecule has 1 fully saturated rings. The van der Waals surface area contributed by atoms with Crippen LogP contribution in [0.15, 0.2) is 35.5 Å². The van der Waals surface area contributed by atoms with Gasteiger partial charge in [-0.15, -0.1) is 0 Å². The first-order chi connectivity index (χ1) is 32.3. The van der Waals surface area contributed by atoms with E-state index in [2.05, 4.69) is 10.5 Å². The van der Waals surface area contributed by atoms with Gasteiger partial charge in [-0.1, -0.05) is 90.4 Å². The summed E-state index contributed by atoms with van der Waals surface area (Å²) in [7, 11) is 6.43. The Balaban J connectivity index is 2.18. The van der Waals surface area contributed by atoms with Crippen molar-refractivity contribution in [2.75, 3.05) is 65.5 Å². The highest BCUT2D eigenvalue weighted by molar-refractivity contribution is 8.00. The summed E-state index contributed by atoms with van der Waals surface area (Å²) >= 11 is 3.41. The highest BCUT2D eigenvalue weighted by atomic mass is 32.2. The van der Waals surface area contributed by atoms with Crippen LogP contribution in [-0.4, -0.2) is 163 Å². The van der Waals surface area contributed by atoms with Crippen LogP contribution in [-0.2, 0) is 49.5 Å². The van der Waals surface area contributed by atoms with Gasteiger partial charge < -0.3 is 39.4 Å². The number of hydrogen-bond acceptors (Lipinski definition) is 12. The Bertz CT molecular complexity index is 1740. The number of methoxy groups -OCH3 is 2. The van der Waals surface area contributed by atoms with Crippen LogP contribution in [0.5, 0.6) is 0 Å². The number of carbonyl (C=O) groups is 6. The highest BCUT2D eigenvalue weighted by Crippen LogP contribution is 2.31. The lowest BCUT2D eigenvalue weighted by Crippen LogP contribution is -2.55. The first kappa shape index (κ1) is 60.5. The fraction of sp³-hybridized carbons (Fsp3) is 0.745. The number of aliphatic carboxylic acids is 1. The largest absolute Gasteiger partial charge is 0.480 e. The van der Waals surface area contributed by atoms with Gasteiger partial charge in [-0.05, 0) is 67.9 Å². The summed E-state index contributed by atoms with van der Waals surface area (Å²) in [5, 5.41) is 16.9. The fourth-order valence-corrected chi connectivity index (χ4v) is 10.5. The van der Waals surface area contributed by atoms with Crippen LogP contribution in [0.25, 0.3) is 0 Å². The second-order valence-corrected chi connectivity index (χ2v) is 20.8. The van der Waals surface area contributed by atoms with Gasteiger partial charge in [-0.25, -0.2) is 4.79 Å². The standard InChI is InChI=1S/C51H85N5O10S2/c1-14-35(6)47(43(64-10)30-45(59)56-26-21-24-41(56)48(65-11)36(7)49(60)52-40(51(62)63)28-37-22-17-15-18-23-37)55(9)50(61)39(33(2)3)29-42(57)46(34(4)5)54(8)44(58)25-19-16-20-27-66-53-38(31-67-12)32-68-13/h15,17-18,22-23,33-36,39-41,43,46-48H,14,16,19-21,24-32H2,1-13H3,(H,52,60)(H,62,63)/t35-,36+,39-,40-,41-,43+,46-,47-,48+/m0/s1. The summed E-state index contributed by atoms with van der Waals surface area (Å²) < 4.78 is 12.0. The molecule has 1 aliphatic rings. The van der Waals surface area contributed by atoms with E-state index in [1.807, 2.05) is 84.4 Å². The van der Waals surface area contributed by atoms with E-state index in [-0.39, 0.29) is 60.5 Å². The van der Waals surface area contributed by atoms with E-state index in [0.717, 1.165) is 35.6 Å². The molecule has 386 valence electrons. The topological polar surface area (TPSA) is 184 Å².